The van der Waals surface area contributed by atoms with Crippen LogP contribution >= 0.6 is 23.2 Å². The van der Waals surface area contributed by atoms with Crippen molar-refractivity contribution in [1.82, 2.24) is 10.2 Å². The topological polar surface area (TPSA) is 86.8 Å². The van der Waals surface area contributed by atoms with Crippen LogP contribution in [0.2, 0.25) is 10.0 Å². The molecule has 0 saturated carbocycles. The molecular formula is C25H33Cl2N3O4S. The first-order valence-corrected chi connectivity index (χ1v) is 14.1. The van der Waals surface area contributed by atoms with E-state index in [0.717, 1.165) is 28.1 Å². The maximum Gasteiger partial charge on any atom is 0.244 e. The fourth-order valence-electron chi connectivity index (χ4n) is 3.82. The molecule has 0 aliphatic rings. The van der Waals surface area contributed by atoms with E-state index in [0.29, 0.717) is 34.3 Å². The van der Waals surface area contributed by atoms with Gasteiger partial charge in [0, 0.05) is 28.7 Å². The lowest BCUT2D eigenvalue weighted by Gasteiger charge is -2.33. The summed E-state index contributed by atoms with van der Waals surface area (Å²) < 4.78 is 26.6. The van der Waals surface area contributed by atoms with Crippen molar-refractivity contribution in [2.45, 2.75) is 53.1 Å². The predicted octanol–water partition coefficient (Wildman–Crippen LogP) is 4.71. The van der Waals surface area contributed by atoms with Crippen LogP contribution in [0.25, 0.3) is 0 Å². The van der Waals surface area contributed by atoms with Gasteiger partial charge in [0.15, 0.2) is 0 Å². The Labute approximate surface area is 218 Å². The molecule has 192 valence electrons. The maximum atomic E-state index is 13.7. The average molecular weight is 543 g/mol. The van der Waals surface area contributed by atoms with E-state index in [1.54, 1.807) is 44.2 Å². The number of carbonyl (C=O) groups is 2. The number of hydrogen-bond donors (Lipinski definition) is 1. The van der Waals surface area contributed by atoms with Crippen LogP contribution in [0.15, 0.2) is 36.4 Å². The van der Waals surface area contributed by atoms with Crippen LogP contribution in [-0.2, 0) is 26.2 Å². The monoisotopic (exact) mass is 541 g/mol. The third kappa shape index (κ3) is 7.59. The average Bonchev–Trinajstić information content (AvgIpc) is 2.77. The fourth-order valence-corrected chi connectivity index (χ4v) is 5.24. The Morgan fingerprint density at radius 1 is 1.06 bits per heavy atom. The minimum Gasteiger partial charge on any atom is -0.354 e. The first-order chi connectivity index (χ1) is 16.4. The number of carbonyl (C=O) groups excluding carboxylic acids is 2. The summed E-state index contributed by atoms with van der Waals surface area (Å²) in [5.74, 6) is -0.854. The zero-order valence-electron chi connectivity index (χ0n) is 20.8. The van der Waals surface area contributed by atoms with E-state index in [1.165, 1.54) is 4.90 Å². The number of rotatable bonds is 11. The van der Waals surface area contributed by atoms with E-state index in [9.17, 15) is 18.0 Å². The predicted molar refractivity (Wildman–Crippen MR) is 142 cm³/mol. The molecule has 2 aromatic carbocycles. The summed E-state index contributed by atoms with van der Waals surface area (Å²) in [5, 5.41) is 3.54. The molecule has 0 aliphatic carbocycles. The molecule has 1 atom stereocenters. The number of benzene rings is 2. The number of nitrogens with one attached hydrogen (secondary N) is 1. The molecule has 35 heavy (non-hydrogen) atoms. The number of nitrogens with zero attached hydrogens (tertiary/aromatic N) is 2. The molecule has 0 unspecified atom stereocenters. The number of aryl methyl sites for hydroxylation is 2. The zero-order chi connectivity index (χ0) is 26.3. The number of anilines is 1. The van der Waals surface area contributed by atoms with Gasteiger partial charge in [0.1, 0.15) is 12.6 Å². The molecule has 0 fully saturated rings. The molecule has 2 amide bonds. The first-order valence-electron chi connectivity index (χ1n) is 11.5. The molecule has 2 aromatic rings. The van der Waals surface area contributed by atoms with Crippen LogP contribution < -0.4 is 9.62 Å². The molecule has 10 heteroatoms. The third-order valence-electron chi connectivity index (χ3n) is 5.63. The van der Waals surface area contributed by atoms with Crippen molar-refractivity contribution in [1.29, 1.82) is 0 Å². The molecular weight excluding hydrogens is 509 g/mol. The highest BCUT2D eigenvalue weighted by molar-refractivity contribution is 7.92. The minimum atomic E-state index is -3.80. The Bertz CT molecular complexity index is 1150. The lowest BCUT2D eigenvalue weighted by atomic mass is 10.1. The van der Waals surface area contributed by atoms with E-state index in [4.69, 9.17) is 23.2 Å². The van der Waals surface area contributed by atoms with Gasteiger partial charge < -0.3 is 10.2 Å². The number of hydrogen-bond acceptors (Lipinski definition) is 4. The van der Waals surface area contributed by atoms with Crippen LogP contribution in [0, 0.1) is 13.8 Å². The van der Waals surface area contributed by atoms with Gasteiger partial charge in [0.2, 0.25) is 21.8 Å². The van der Waals surface area contributed by atoms with E-state index in [1.807, 2.05) is 19.9 Å². The molecule has 0 aromatic heterocycles. The van der Waals surface area contributed by atoms with Crippen molar-refractivity contribution in [2.75, 3.05) is 23.7 Å². The second-order valence-electron chi connectivity index (χ2n) is 8.50. The van der Waals surface area contributed by atoms with Crippen molar-refractivity contribution in [3.05, 3.63) is 63.1 Å². The Kier molecular flexibility index (Phi) is 10.4. The van der Waals surface area contributed by atoms with Crippen LogP contribution in [0.4, 0.5) is 5.69 Å². The van der Waals surface area contributed by atoms with E-state index >= 15 is 0 Å². The molecule has 0 bridgehead atoms. The lowest BCUT2D eigenvalue weighted by molar-refractivity contribution is -0.140. The number of halogens is 2. The van der Waals surface area contributed by atoms with Crippen LogP contribution in [-0.4, -0.2) is 50.5 Å². The van der Waals surface area contributed by atoms with E-state index in [2.05, 4.69) is 5.32 Å². The molecule has 1 N–H and O–H groups in total. The summed E-state index contributed by atoms with van der Waals surface area (Å²) >= 11 is 12.7. The Morgan fingerprint density at radius 2 is 1.69 bits per heavy atom. The highest BCUT2D eigenvalue weighted by atomic mass is 35.5. The van der Waals surface area contributed by atoms with Crippen molar-refractivity contribution >= 4 is 50.7 Å². The van der Waals surface area contributed by atoms with Gasteiger partial charge in [-0.1, -0.05) is 60.8 Å². The summed E-state index contributed by atoms with van der Waals surface area (Å²) in [6.45, 7) is 7.37. The van der Waals surface area contributed by atoms with Crippen LogP contribution in [0.5, 0.6) is 0 Å². The third-order valence-corrected chi connectivity index (χ3v) is 7.46. The van der Waals surface area contributed by atoms with Gasteiger partial charge in [0.25, 0.3) is 0 Å². The summed E-state index contributed by atoms with van der Waals surface area (Å²) in [4.78, 5) is 28.1. The highest BCUT2D eigenvalue weighted by Gasteiger charge is 2.32. The standard InChI is InChI=1S/C25H33Cl2N3O4S/c1-6-13-28-25(32)22(7-2)29(15-19-20(26)9-8-10-21(19)27)24(31)16-30(35(5,33)34)23-12-11-17(3)14-18(23)4/h8-12,14,22H,6-7,13,15-16H2,1-5H3,(H,28,32)/t22-/m0/s1. The largest absolute Gasteiger partial charge is 0.354 e. The highest BCUT2D eigenvalue weighted by Crippen LogP contribution is 2.28. The minimum absolute atomic E-state index is 0.0418. The molecule has 7 nitrogen and oxygen atoms in total. The van der Waals surface area contributed by atoms with Crippen molar-refractivity contribution in [2.24, 2.45) is 0 Å². The van der Waals surface area contributed by atoms with Gasteiger partial charge in [-0.05, 0) is 50.5 Å². The van der Waals surface area contributed by atoms with Crippen molar-refractivity contribution in [3.8, 4) is 0 Å². The number of sulfonamides is 1. The van der Waals surface area contributed by atoms with Gasteiger partial charge in [-0.25, -0.2) is 8.42 Å². The quantitative estimate of drug-likeness (QED) is 0.446. The summed E-state index contributed by atoms with van der Waals surface area (Å²) in [7, 11) is -3.80. The lowest BCUT2D eigenvalue weighted by Crippen LogP contribution is -2.52. The summed E-state index contributed by atoms with van der Waals surface area (Å²) in [5.41, 5.74) is 2.59. The van der Waals surface area contributed by atoms with E-state index in [-0.39, 0.29) is 12.5 Å². The molecule has 0 spiro atoms. The Balaban J connectivity index is 2.52. The SMILES string of the molecule is CCCNC(=O)[C@H](CC)N(Cc1c(Cl)cccc1Cl)C(=O)CN(c1ccc(C)cc1C)S(C)(=O)=O. The van der Waals surface area contributed by atoms with E-state index < -0.39 is 28.5 Å². The zero-order valence-corrected chi connectivity index (χ0v) is 23.1. The van der Waals surface area contributed by atoms with Crippen molar-refractivity contribution in [3.63, 3.8) is 0 Å². The summed E-state index contributed by atoms with van der Waals surface area (Å²) in [6, 6.07) is 9.49. The second-order valence-corrected chi connectivity index (χ2v) is 11.2. The van der Waals surface area contributed by atoms with Crippen molar-refractivity contribution < 1.29 is 18.0 Å². The molecule has 0 heterocycles. The molecule has 0 aliphatic heterocycles. The normalized spacial score (nSPS) is 12.2. The van der Waals surface area contributed by atoms with Crippen LogP contribution in [0.1, 0.15) is 43.4 Å². The molecule has 2 rings (SSSR count). The van der Waals surface area contributed by atoms with Gasteiger partial charge in [-0.2, -0.15) is 0 Å². The van der Waals surface area contributed by atoms with Gasteiger partial charge in [-0.3, -0.25) is 13.9 Å². The summed E-state index contributed by atoms with van der Waals surface area (Å²) in [6.07, 6.45) is 2.12. The number of amides is 2. The molecule has 0 saturated heterocycles. The first kappa shape index (κ1) is 28.9. The smallest absolute Gasteiger partial charge is 0.244 e. The van der Waals surface area contributed by atoms with Gasteiger partial charge >= 0.3 is 0 Å². The van der Waals surface area contributed by atoms with Crippen LogP contribution in [0.3, 0.4) is 0 Å². The molecule has 0 radical (unpaired) electrons. The van der Waals surface area contributed by atoms with Gasteiger partial charge in [-0.15, -0.1) is 0 Å². The fraction of sp³-hybridized carbons (Fsp3) is 0.440. The Hall–Kier alpha value is -2.29. The maximum absolute atomic E-state index is 13.7. The second kappa shape index (κ2) is 12.6. The Morgan fingerprint density at radius 3 is 2.20 bits per heavy atom. The van der Waals surface area contributed by atoms with Gasteiger partial charge in [0.05, 0.1) is 11.9 Å².